The molecule has 1 aliphatic rings. The van der Waals surface area contributed by atoms with E-state index in [2.05, 4.69) is 22.3 Å². The largest absolute Gasteiger partial charge is 0.393 e. The minimum Gasteiger partial charge on any atom is -0.393 e. The summed E-state index contributed by atoms with van der Waals surface area (Å²) < 4.78 is 0. The van der Waals surface area contributed by atoms with E-state index in [1.165, 1.54) is 5.56 Å². The summed E-state index contributed by atoms with van der Waals surface area (Å²) in [5.41, 5.74) is 1.31. The van der Waals surface area contributed by atoms with Gasteiger partial charge < -0.3 is 10.4 Å². The number of benzene rings is 1. The molecule has 0 radical (unpaired) electrons. The van der Waals surface area contributed by atoms with Crippen LogP contribution >= 0.6 is 0 Å². The number of aryl methyl sites for hydroxylation is 1. The molecule has 0 saturated carbocycles. The predicted octanol–water partition coefficient (Wildman–Crippen LogP) is 1.97. The number of rotatable bonds is 8. The number of likely N-dealkylation sites (tertiary alicyclic amines) is 1. The van der Waals surface area contributed by atoms with Crippen molar-refractivity contribution in [2.75, 3.05) is 19.6 Å². The third-order valence-electron chi connectivity index (χ3n) is 4.27. The van der Waals surface area contributed by atoms with E-state index in [9.17, 15) is 9.90 Å². The monoisotopic (exact) mass is 304 g/mol. The molecule has 1 saturated heterocycles. The molecule has 1 aliphatic heterocycles. The molecule has 1 aromatic rings. The van der Waals surface area contributed by atoms with Crippen LogP contribution in [-0.2, 0) is 11.2 Å². The first-order chi connectivity index (χ1) is 10.6. The second-order valence-corrected chi connectivity index (χ2v) is 6.29. The topological polar surface area (TPSA) is 52.6 Å². The lowest BCUT2D eigenvalue weighted by Crippen LogP contribution is -2.41. The minimum absolute atomic E-state index is 0.102. The summed E-state index contributed by atoms with van der Waals surface area (Å²) in [6.45, 7) is 3.97. The van der Waals surface area contributed by atoms with E-state index in [4.69, 9.17) is 0 Å². The fraction of sp³-hybridized carbons (Fsp3) is 0.611. The molecule has 4 nitrogen and oxygen atoms in total. The number of carbonyl (C=O) groups excluding carboxylic acids is 1. The van der Waals surface area contributed by atoms with Crippen molar-refractivity contribution in [1.29, 1.82) is 0 Å². The van der Waals surface area contributed by atoms with Crippen LogP contribution in [0.1, 0.15) is 38.2 Å². The zero-order chi connectivity index (χ0) is 15.8. The van der Waals surface area contributed by atoms with E-state index in [1.54, 1.807) is 0 Å². The van der Waals surface area contributed by atoms with Crippen molar-refractivity contribution >= 4 is 5.91 Å². The van der Waals surface area contributed by atoms with E-state index < -0.39 is 0 Å². The smallest absolute Gasteiger partial charge is 0.234 e. The molecule has 122 valence electrons. The Kier molecular flexibility index (Phi) is 6.87. The second-order valence-electron chi connectivity index (χ2n) is 6.29. The van der Waals surface area contributed by atoms with E-state index in [-0.39, 0.29) is 12.0 Å². The third kappa shape index (κ3) is 5.78. The molecular weight excluding hydrogens is 276 g/mol. The van der Waals surface area contributed by atoms with Gasteiger partial charge in [0.25, 0.3) is 0 Å². The predicted molar refractivity (Wildman–Crippen MR) is 88.7 cm³/mol. The maximum absolute atomic E-state index is 12.0. The summed E-state index contributed by atoms with van der Waals surface area (Å²) in [5, 5.41) is 12.5. The number of nitrogens with zero attached hydrogens (tertiary/aromatic N) is 1. The van der Waals surface area contributed by atoms with Crippen LogP contribution in [0.4, 0.5) is 0 Å². The van der Waals surface area contributed by atoms with Gasteiger partial charge in [0.05, 0.1) is 12.6 Å². The van der Waals surface area contributed by atoms with Crippen molar-refractivity contribution in [3.8, 4) is 0 Å². The molecular formula is C18H28N2O2. The minimum atomic E-state index is -0.292. The Labute approximate surface area is 133 Å². The third-order valence-corrected chi connectivity index (χ3v) is 4.27. The van der Waals surface area contributed by atoms with Crippen LogP contribution < -0.4 is 5.32 Å². The lowest BCUT2D eigenvalue weighted by Gasteiger charge is -2.24. The van der Waals surface area contributed by atoms with Crippen LogP contribution in [0.2, 0.25) is 0 Å². The summed E-state index contributed by atoms with van der Waals surface area (Å²) in [6.07, 6.45) is 4.65. The molecule has 22 heavy (non-hydrogen) atoms. The molecule has 0 aliphatic carbocycles. The number of carbonyl (C=O) groups is 1. The lowest BCUT2D eigenvalue weighted by atomic mass is 10.1. The Morgan fingerprint density at radius 2 is 2.18 bits per heavy atom. The number of aliphatic hydroxyl groups is 1. The number of aliphatic hydroxyl groups excluding tert-OH is 1. The molecule has 4 heteroatoms. The lowest BCUT2D eigenvalue weighted by molar-refractivity contribution is -0.122. The number of nitrogens with one attached hydrogen (secondary N) is 1. The quantitative estimate of drug-likeness (QED) is 0.722. The Bertz CT molecular complexity index is 448. The molecule has 1 fully saturated rings. The summed E-state index contributed by atoms with van der Waals surface area (Å²) in [6, 6.07) is 10.7. The van der Waals surface area contributed by atoms with Crippen molar-refractivity contribution in [3.05, 3.63) is 35.9 Å². The van der Waals surface area contributed by atoms with Crippen molar-refractivity contribution in [2.24, 2.45) is 0 Å². The molecule has 0 bridgehead atoms. The van der Waals surface area contributed by atoms with Crippen LogP contribution in [0.3, 0.4) is 0 Å². The fourth-order valence-corrected chi connectivity index (χ4v) is 3.17. The Balaban J connectivity index is 1.63. The SMILES string of the molecule is CC(O)CC1CCCN1CC(=O)NCCCc1ccccc1. The average molecular weight is 304 g/mol. The first-order valence-corrected chi connectivity index (χ1v) is 8.38. The van der Waals surface area contributed by atoms with Crippen LogP contribution in [0, 0.1) is 0 Å². The highest BCUT2D eigenvalue weighted by molar-refractivity contribution is 5.78. The maximum Gasteiger partial charge on any atom is 0.234 e. The molecule has 1 heterocycles. The van der Waals surface area contributed by atoms with Crippen molar-refractivity contribution in [1.82, 2.24) is 10.2 Å². The van der Waals surface area contributed by atoms with Gasteiger partial charge in [0.1, 0.15) is 0 Å². The Hall–Kier alpha value is -1.39. The summed E-state index contributed by atoms with van der Waals surface area (Å²) in [7, 11) is 0. The van der Waals surface area contributed by atoms with E-state index >= 15 is 0 Å². The van der Waals surface area contributed by atoms with Gasteiger partial charge >= 0.3 is 0 Å². The van der Waals surface area contributed by atoms with Gasteiger partial charge in [-0.2, -0.15) is 0 Å². The molecule has 2 rings (SSSR count). The number of hydrogen-bond donors (Lipinski definition) is 2. The van der Waals surface area contributed by atoms with Gasteiger partial charge in [0.2, 0.25) is 5.91 Å². The molecule has 2 N–H and O–H groups in total. The normalized spacial score (nSPS) is 20.0. The van der Waals surface area contributed by atoms with Gasteiger partial charge in [-0.25, -0.2) is 0 Å². The van der Waals surface area contributed by atoms with Gasteiger partial charge in [-0.1, -0.05) is 30.3 Å². The maximum atomic E-state index is 12.0. The van der Waals surface area contributed by atoms with E-state index in [0.29, 0.717) is 12.6 Å². The first-order valence-electron chi connectivity index (χ1n) is 8.38. The molecule has 2 unspecified atom stereocenters. The zero-order valence-corrected chi connectivity index (χ0v) is 13.5. The van der Waals surface area contributed by atoms with Gasteiger partial charge in [-0.15, -0.1) is 0 Å². The standard InChI is InChI=1S/C18H28N2O2/c1-15(21)13-17-10-6-12-20(17)14-18(22)19-11-5-9-16-7-3-2-4-8-16/h2-4,7-8,15,17,21H,5-6,9-14H2,1H3,(H,19,22). The van der Waals surface area contributed by atoms with Crippen molar-refractivity contribution in [3.63, 3.8) is 0 Å². The first kappa shape index (κ1) is 17.0. The van der Waals surface area contributed by atoms with E-state index in [0.717, 1.165) is 45.2 Å². The molecule has 0 aromatic heterocycles. The number of amides is 1. The Morgan fingerprint density at radius 3 is 2.91 bits per heavy atom. The van der Waals surface area contributed by atoms with Gasteiger partial charge in [-0.05, 0) is 51.1 Å². The van der Waals surface area contributed by atoms with Crippen LogP contribution in [0.15, 0.2) is 30.3 Å². The van der Waals surface area contributed by atoms with Crippen molar-refractivity contribution < 1.29 is 9.90 Å². The van der Waals surface area contributed by atoms with Gasteiger partial charge in [-0.3, -0.25) is 9.69 Å². The summed E-state index contributed by atoms with van der Waals surface area (Å²) in [5.74, 6) is 0.102. The van der Waals surface area contributed by atoms with Gasteiger partial charge in [0, 0.05) is 12.6 Å². The second kappa shape index (κ2) is 8.91. The molecule has 1 amide bonds. The fourth-order valence-electron chi connectivity index (χ4n) is 3.17. The molecule has 1 aromatic carbocycles. The molecule has 0 spiro atoms. The number of hydrogen-bond acceptors (Lipinski definition) is 3. The van der Waals surface area contributed by atoms with Gasteiger partial charge in [0.15, 0.2) is 0 Å². The summed E-state index contributed by atoms with van der Waals surface area (Å²) >= 11 is 0. The summed E-state index contributed by atoms with van der Waals surface area (Å²) in [4.78, 5) is 14.2. The van der Waals surface area contributed by atoms with Crippen LogP contribution in [0.25, 0.3) is 0 Å². The Morgan fingerprint density at radius 1 is 1.41 bits per heavy atom. The van der Waals surface area contributed by atoms with Crippen LogP contribution in [-0.4, -0.2) is 47.7 Å². The van der Waals surface area contributed by atoms with Crippen molar-refractivity contribution in [2.45, 2.75) is 51.2 Å². The average Bonchev–Trinajstić information content (AvgIpc) is 2.91. The zero-order valence-electron chi connectivity index (χ0n) is 13.5. The van der Waals surface area contributed by atoms with E-state index in [1.807, 2.05) is 25.1 Å². The molecule has 2 atom stereocenters. The highest BCUT2D eigenvalue weighted by Gasteiger charge is 2.26. The van der Waals surface area contributed by atoms with Crippen LogP contribution in [0.5, 0.6) is 0 Å². The highest BCUT2D eigenvalue weighted by atomic mass is 16.3. The highest BCUT2D eigenvalue weighted by Crippen LogP contribution is 2.20.